The third kappa shape index (κ3) is 7.30. The number of carbonyl (C=O) groups is 2. The van der Waals surface area contributed by atoms with Crippen LogP contribution in [0.1, 0.15) is 19.8 Å². The molecule has 0 atom stereocenters. The maximum Gasteiger partial charge on any atom is 0.333 e. The van der Waals surface area contributed by atoms with E-state index in [4.69, 9.17) is 14.6 Å². The fourth-order valence-electron chi connectivity index (χ4n) is 0.917. The normalized spacial score (nSPS) is 11.1. The van der Waals surface area contributed by atoms with E-state index in [0.717, 1.165) is 0 Å². The van der Waals surface area contributed by atoms with Gasteiger partial charge in [-0.05, 0) is 13.3 Å². The van der Waals surface area contributed by atoms with Crippen molar-refractivity contribution in [2.45, 2.75) is 19.8 Å². The van der Waals surface area contributed by atoms with Crippen molar-refractivity contribution in [2.75, 3.05) is 20.3 Å². The SMILES string of the molecule is C=C(CC=C(C)C(=O)O)C(=O)OCCCOC. The smallest absolute Gasteiger partial charge is 0.333 e. The molecule has 0 saturated heterocycles. The van der Waals surface area contributed by atoms with Crippen molar-refractivity contribution in [3.63, 3.8) is 0 Å². The van der Waals surface area contributed by atoms with E-state index in [1.54, 1.807) is 7.11 Å². The van der Waals surface area contributed by atoms with Gasteiger partial charge in [-0.3, -0.25) is 0 Å². The predicted molar refractivity (Wildman–Crippen MR) is 62.6 cm³/mol. The van der Waals surface area contributed by atoms with Gasteiger partial charge in [0.05, 0.1) is 6.61 Å². The number of esters is 1. The molecular formula is C12H18O5. The molecule has 96 valence electrons. The molecule has 0 amide bonds. The van der Waals surface area contributed by atoms with Gasteiger partial charge in [0.25, 0.3) is 0 Å². The van der Waals surface area contributed by atoms with Crippen LogP contribution >= 0.6 is 0 Å². The molecule has 0 spiro atoms. The summed E-state index contributed by atoms with van der Waals surface area (Å²) in [7, 11) is 1.57. The van der Waals surface area contributed by atoms with Gasteiger partial charge in [0, 0.05) is 31.3 Å². The number of carboxylic acid groups (broad SMARTS) is 1. The van der Waals surface area contributed by atoms with Gasteiger partial charge in [0.15, 0.2) is 0 Å². The Morgan fingerprint density at radius 3 is 2.53 bits per heavy atom. The molecule has 0 aromatic carbocycles. The number of rotatable bonds is 8. The van der Waals surface area contributed by atoms with Gasteiger partial charge in [-0.2, -0.15) is 0 Å². The van der Waals surface area contributed by atoms with Crippen LogP contribution in [0.5, 0.6) is 0 Å². The lowest BCUT2D eigenvalue weighted by Gasteiger charge is -2.05. The monoisotopic (exact) mass is 242 g/mol. The van der Waals surface area contributed by atoms with Crippen LogP contribution in [0, 0.1) is 0 Å². The van der Waals surface area contributed by atoms with Crippen molar-refractivity contribution in [3.8, 4) is 0 Å². The second-order valence-corrected chi connectivity index (χ2v) is 3.48. The van der Waals surface area contributed by atoms with Crippen LogP contribution in [0.25, 0.3) is 0 Å². The van der Waals surface area contributed by atoms with Crippen molar-refractivity contribution >= 4 is 11.9 Å². The minimum Gasteiger partial charge on any atom is -0.478 e. The van der Waals surface area contributed by atoms with Crippen molar-refractivity contribution in [1.29, 1.82) is 0 Å². The van der Waals surface area contributed by atoms with E-state index in [9.17, 15) is 9.59 Å². The number of hydrogen-bond acceptors (Lipinski definition) is 4. The Balaban J connectivity index is 3.94. The first-order valence-corrected chi connectivity index (χ1v) is 5.23. The van der Waals surface area contributed by atoms with Crippen LogP contribution in [-0.2, 0) is 19.1 Å². The Morgan fingerprint density at radius 1 is 1.35 bits per heavy atom. The van der Waals surface area contributed by atoms with Crippen molar-refractivity contribution in [2.24, 2.45) is 0 Å². The quantitative estimate of drug-likeness (QED) is 0.397. The first kappa shape index (κ1) is 15.4. The summed E-state index contributed by atoms with van der Waals surface area (Å²) in [6.07, 6.45) is 2.24. The van der Waals surface area contributed by atoms with E-state index in [2.05, 4.69) is 6.58 Å². The number of methoxy groups -OCH3 is 1. The summed E-state index contributed by atoms with van der Waals surface area (Å²) in [5, 5.41) is 8.61. The van der Waals surface area contributed by atoms with Crippen molar-refractivity contribution in [3.05, 3.63) is 23.8 Å². The van der Waals surface area contributed by atoms with E-state index in [1.165, 1.54) is 13.0 Å². The van der Waals surface area contributed by atoms with Gasteiger partial charge in [0.1, 0.15) is 0 Å². The lowest BCUT2D eigenvalue weighted by molar-refractivity contribution is -0.139. The summed E-state index contributed by atoms with van der Waals surface area (Å²) >= 11 is 0. The lowest BCUT2D eigenvalue weighted by atomic mass is 10.1. The second-order valence-electron chi connectivity index (χ2n) is 3.48. The zero-order valence-corrected chi connectivity index (χ0v) is 10.2. The van der Waals surface area contributed by atoms with Crippen LogP contribution in [-0.4, -0.2) is 37.4 Å². The Kier molecular flexibility index (Phi) is 7.71. The fourth-order valence-corrected chi connectivity index (χ4v) is 0.917. The maximum absolute atomic E-state index is 11.3. The Labute approximate surface area is 101 Å². The number of allylic oxidation sites excluding steroid dienone is 1. The number of ether oxygens (including phenoxy) is 2. The average Bonchev–Trinajstić information content (AvgIpc) is 2.30. The van der Waals surface area contributed by atoms with Crippen molar-refractivity contribution < 1.29 is 24.2 Å². The van der Waals surface area contributed by atoms with Crippen LogP contribution in [0.4, 0.5) is 0 Å². The molecule has 5 heteroatoms. The zero-order chi connectivity index (χ0) is 13.3. The van der Waals surface area contributed by atoms with Gasteiger partial charge in [-0.25, -0.2) is 9.59 Å². The summed E-state index contributed by atoms with van der Waals surface area (Å²) in [6, 6.07) is 0. The molecule has 0 aliphatic heterocycles. The van der Waals surface area contributed by atoms with Crippen LogP contribution < -0.4 is 0 Å². The Hall–Kier alpha value is -1.62. The third-order valence-corrected chi connectivity index (χ3v) is 2.01. The molecule has 0 saturated carbocycles. The molecule has 0 radical (unpaired) electrons. The first-order valence-electron chi connectivity index (χ1n) is 5.23. The van der Waals surface area contributed by atoms with Crippen molar-refractivity contribution in [1.82, 2.24) is 0 Å². The molecule has 17 heavy (non-hydrogen) atoms. The van der Waals surface area contributed by atoms with E-state index in [0.29, 0.717) is 13.0 Å². The molecule has 0 unspecified atom stereocenters. The highest BCUT2D eigenvalue weighted by molar-refractivity contribution is 5.89. The summed E-state index contributed by atoms with van der Waals surface area (Å²) in [5.41, 5.74) is 0.418. The fraction of sp³-hybridized carbons (Fsp3) is 0.500. The van der Waals surface area contributed by atoms with Crippen LogP contribution in [0.15, 0.2) is 23.8 Å². The third-order valence-electron chi connectivity index (χ3n) is 2.01. The zero-order valence-electron chi connectivity index (χ0n) is 10.2. The minimum absolute atomic E-state index is 0.179. The van der Waals surface area contributed by atoms with Crippen LogP contribution in [0.2, 0.25) is 0 Å². The van der Waals surface area contributed by atoms with E-state index in [-0.39, 0.29) is 24.2 Å². The van der Waals surface area contributed by atoms with Gasteiger partial charge >= 0.3 is 11.9 Å². The highest BCUT2D eigenvalue weighted by Gasteiger charge is 2.08. The molecule has 0 rings (SSSR count). The summed E-state index contributed by atoms with van der Waals surface area (Å²) < 4.78 is 9.70. The maximum atomic E-state index is 11.3. The first-order chi connectivity index (χ1) is 7.99. The molecule has 0 fully saturated rings. The van der Waals surface area contributed by atoms with Crippen LogP contribution in [0.3, 0.4) is 0 Å². The predicted octanol–water partition coefficient (Wildman–Crippen LogP) is 1.54. The number of carbonyl (C=O) groups excluding carboxylic acids is 1. The molecule has 0 bridgehead atoms. The Morgan fingerprint density at radius 2 is 2.00 bits per heavy atom. The molecule has 0 heterocycles. The van der Waals surface area contributed by atoms with Gasteiger partial charge < -0.3 is 14.6 Å². The van der Waals surface area contributed by atoms with Gasteiger partial charge in [0.2, 0.25) is 0 Å². The number of hydrogen-bond donors (Lipinski definition) is 1. The summed E-state index contributed by atoms with van der Waals surface area (Å²) in [5.74, 6) is -1.51. The molecule has 0 aromatic heterocycles. The summed E-state index contributed by atoms with van der Waals surface area (Å²) in [6.45, 7) is 5.80. The molecule has 1 N–H and O–H groups in total. The molecule has 0 aliphatic carbocycles. The number of aliphatic carboxylic acids is 1. The molecular weight excluding hydrogens is 224 g/mol. The molecule has 5 nitrogen and oxygen atoms in total. The lowest BCUT2D eigenvalue weighted by Crippen LogP contribution is -2.09. The van der Waals surface area contributed by atoms with Gasteiger partial charge in [-0.15, -0.1) is 0 Å². The number of carboxylic acids is 1. The topological polar surface area (TPSA) is 72.8 Å². The van der Waals surface area contributed by atoms with E-state index in [1.807, 2.05) is 0 Å². The van der Waals surface area contributed by atoms with E-state index < -0.39 is 11.9 Å². The Bertz CT molecular complexity index is 317. The largest absolute Gasteiger partial charge is 0.478 e. The molecule has 0 aliphatic rings. The second kappa shape index (κ2) is 8.52. The van der Waals surface area contributed by atoms with Gasteiger partial charge in [-0.1, -0.05) is 12.7 Å². The summed E-state index contributed by atoms with van der Waals surface area (Å²) in [4.78, 5) is 21.8. The highest BCUT2D eigenvalue weighted by atomic mass is 16.5. The van der Waals surface area contributed by atoms with E-state index >= 15 is 0 Å². The highest BCUT2D eigenvalue weighted by Crippen LogP contribution is 2.05. The minimum atomic E-state index is -1.01. The average molecular weight is 242 g/mol. The standard InChI is InChI=1S/C12H18O5/c1-9(11(13)14)5-6-10(2)12(15)17-8-4-7-16-3/h5H,2,4,6-8H2,1,3H3,(H,13,14). The molecule has 0 aromatic rings.